The third kappa shape index (κ3) is 3.36. The molecule has 2 rings (SSSR count). The SMILES string of the molecule is COc1cc(N)ccc1C(=O)Nc1c(C)cc(C)cc1Br. The first-order chi connectivity index (χ1) is 9.92. The molecule has 2 aromatic rings. The number of nitrogens with two attached hydrogens (primary N) is 1. The molecule has 3 N–H and O–H groups in total. The number of carbonyl (C=O) groups excluding carboxylic acids is 1. The highest BCUT2D eigenvalue weighted by Gasteiger charge is 2.15. The summed E-state index contributed by atoms with van der Waals surface area (Å²) in [5.74, 6) is 0.216. The molecule has 0 saturated heterocycles. The molecule has 0 atom stereocenters. The highest BCUT2D eigenvalue weighted by molar-refractivity contribution is 9.10. The lowest BCUT2D eigenvalue weighted by molar-refractivity contribution is 0.102. The van der Waals surface area contributed by atoms with E-state index in [0.29, 0.717) is 17.0 Å². The summed E-state index contributed by atoms with van der Waals surface area (Å²) in [7, 11) is 1.51. The Morgan fingerprint density at radius 3 is 2.57 bits per heavy atom. The van der Waals surface area contributed by atoms with Crippen LogP contribution >= 0.6 is 15.9 Å². The van der Waals surface area contributed by atoms with Crippen LogP contribution in [0.1, 0.15) is 21.5 Å². The minimum atomic E-state index is -0.237. The van der Waals surface area contributed by atoms with E-state index in [9.17, 15) is 4.79 Å². The van der Waals surface area contributed by atoms with Crippen molar-refractivity contribution in [1.29, 1.82) is 0 Å². The van der Waals surface area contributed by atoms with E-state index in [-0.39, 0.29) is 5.91 Å². The second-order valence-corrected chi connectivity index (χ2v) is 5.71. The Morgan fingerprint density at radius 1 is 1.24 bits per heavy atom. The van der Waals surface area contributed by atoms with E-state index in [4.69, 9.17) is 10.5 Å². The summed E-state index contributed by atoms with van der Waals surface area (Å²) in [6, 6.07) is 8.94. The summed E-state index contributed by atoms with van der Waals surface area (Å²) in [5.41, 5.74) is 9.57. The van der Waals surface area contributed by atoms with Crippen molar-refractivity contribution in [3.63, 3.8) is 0 Å². The van der Waals surface area contributed by atoms with Gasteiger partial charge >= 0.3 is 0 Å². The van der Waals surface area contributed by atoms with Crippen molar-refractivity contribution in [3.05, 3.63) is 51.5 Å². The number of benzene rings is 2. The van der Waals surface area contributed by atoms with E-state index >= 15 is 0 Å². The molecular formula is C16H17BrN2O2. The average Bonchev–Trinajstić information content (AvgIpc) is 2.42. The minimum absolute atomic E-state index is 0.237. The largest absolute Gasteiger partial charge is 0.496 e. The summed E-state index contributed by atoms with van der Waals surface area (Å²) < 4.78 is 6.06. The van der Waals surface area contributed by atoms with Gasteiger partial charge in [0.2, 0.25) is 0 Å². The molecule has 0 fully saturated rings. The summed E-state index contributed by atoms with van der Waals surface area (Å²) in [6.07, 6.45) is 0. The lowest BCUT2D eigenvalue weighted by Crippen LogP contribution is -2.14. The molecule has 5 heteroatoms. The number of nitrogen functional groups attached to an aromatic ring is 1. The van der Waals surface area contributed by atoms with E-state index in [1.54, 1.807) is 18.2 Å². The van der Waals surface area contributed by atoms with Crippen LogP contribution in [0.4, 0.5) is 11.4 Å². The molecule has 21 heavy (non-hydrogen) atoms. The Balaban J connectivity index is 2.35. The van der Waals surface area contributed by atoms with Crippen molar-refractivity contribution >= 4 is 33.2 Å². The Morgan fingerprint density at radius 2 is 1.95 bits per heavy atom. The molecular weight excluding hydrogens is 332 g/mol. The molecule has 0 aliphatic rings. The van der Waals surface area contributed by atoms with Crippen LogP contribution in [0.15, 0.2) is 34.8 Å². The van der Waals surface area contributed by atoms with Crippen molar-refractivity contribution in [2.75, 3.05) is 18.2 Å². The van der Waals surface area contributed by atoms with Gasteiger partial charge in [0, 0.05) is 16.2 Å². The van der Waals surface area contributed by atoms with Gasteiger partial charge in [-0.3, -0.25) is 4.79 Å². The number of nitrogens with one attached hydrogen (secondary N) is 1. The molecule has 2 aromatic carbocycles. The topological polar surface area (TPSA) is 64.3 Å². The molecule has 0 unspecified atom stereocenters. The number of carbonyl (C=O) groups is 1. The monoisotopic (exact) mass is 348 g/mol. The van der Waals surface area contributed by atoms with Gasteiger partial charge in [-0.15, -0.1) is 0 Å². The zero-order valence-electron chi connectivity index (χ0n) is 12.2. The summed E-state index contributed by atoms with van der Waals surface area (Å²) >= 11 is 3.48. The maximum atomic E-state index is 12.4. The van der Waals surface area contributed by atoms with Gasteiger partial charge in [-0.25, -0.2) is 0 Å². The lowest BCUT2D eigenvalue weighted by atomic mass is 10.1. The van der Waals surface area contributed by atoms with Crippen LogP contribution < -0.4 is 15.8 Å². The van der Waals surface area contributed by atoms with Crippen LogP contribution in [0.25, 0.3) is 0 Å². The smallest absolute Gasteiger partial charge is 0.259 e. The van der Waals surface area contributed by atoms with Crippen LogP contribution in [0.2, 0.25) is 0 Å². The van der Waals surface area contributed by atoms with Gasteiger partial charge in [0.05, 0.1) is 18.4 Å². The van der Waals surface area contributed by atoms with Crippen molar-refractivity contribution < 1.29 is 9.53 Å². The Hall–Kier alpha value is -2.01. The van der Waals surface area contributed by atoms with Crippen molar-refractivity contribution in [3.8, 4) is 5.75 Å². The number of ether oxygens (including phenoxy) is 1. The lowest BCUT2D eigenvalue weighted by Gasteiger charge is -2.13. The fraction of sp³-hybridized carbons (Fsp3) is 0.188. The third-order valence-corrected chi connectivity index (χ3v) is 3.77. The van der Waals surface area contributed by atoms with Gasteiger partial charge in [0.15, 0.2) is 0 Å². The summed E-state index contributed by atoms with van der Waals surface area (Å²) in [4.78, 5) is 12.4. The van der Waals surface area contributed by atoms with Crippen LogP contribution in [-0.4, -0.2) is 13.0 Å². The van der Waals surface area contributed by atoms with E-state index in [2.05, 4.69) is 21.2 Å². The zero-order valence-corrected chi connectivity index (χ0v) is 13.7. The Labute approximate surface area is 132 Å². The van der Waals surface area contributed by atoms with Gasteiger partial charge in [-0.05, 0) is 59.1 Å². The van der Waals surface area contributed by atoms with Crippen LogP contribution in [0.5, 0.6) is 5.75 Å². The van der Waals surface area contributed by atoms with Crippen molar-refractivity contribution in [1.82, 2.24) is 0 Å². The molecule has 0 saturated carbocycles. The molecule has 4 nitrogen and oxygen atoms in total. The quantitative estimate of drug-likeness (QED) is 0.826. The van der Waals surface area contributed by atoms with E-state index in [1.807, 2.05) is 26.0 Å². The van der Waals surface area contributed by atoms with Crippen LogP contribution in [-0.2, 0) is 0 Å². The second-order valence-electron chi connectivity index (χ2n) is 4.85. The van der Waals surface area contributed by atoms with Gasteiger partial charge in [-0.1, -0.05) is 6.07 Å². The van der Waals surface area contributed by atoms with E-state index in [0.717, 1.165) is 21.3 Å². The van der Waals surface area contributed by atoms with E-state index in [1.165, 1.54) is 7.11 Å². The molecule has 0 heterocycles. The maximum Gasteiger partial charge on any atom is 0.259 e. The number of hydrogen-bond acceptors (Lipinski definition) is 3. The summed E-state index contributed by atoms with van der Waals surface area (Å²) in [6.45, 7) is 3.96. The molecule has 0 aromatic heterocycles. The molecule has 110 valence electrons. The molecule has 0 radical (unpaired) electrons. The minimum Gasteiger partial charge on any atom is -0.496 e. The number of rotatable bonds is 3. The average molecular weight is 349 g/mol. The zero-order chi connectivity index (χ0) is 15.6. The highest BCUT2D eigenvalue weighted by atomic mass is 79.9. The molecule has 0 bridgehead atoms. The maximum absolute atomic E-state index is 12.4. The van der Waals surface area contributed by atoms with Gasteiger partial charge in [0.25, 0.3) is 5.91 Å². The number of amides is 1. The number of hydrogen-bond donors (Lipinski definition) is 2. The van der Waals surface area contributed by atoms with Crippen molar-refractivity contribution in [2.45, 2.75) is 13.8 Å². The predicted molar refractivity (Wildman–Crippen MR) is 89.0 cm³/mol. The Kier molecular flexibility index (Phi) is 4.53. The summed E-state index contributed by atoms with van der Waals surface area (Å²) in [5, 5.41) is 2.91. The normalized spacial score (nSPS) is 10.3. The predicted octanol–water partition coefficient (Wildman–Crippen LogP) is 3.91. The molecule has 0 aliphatic carbocycles. The Bertz CT molecular complexity index is 676. The number of halogens is 1. The first-order valence-corrected chi connectivity index (χ1v) is 7.23. The van der Waals surface area contributed by atoms with Gasteiger partial charge in [0.1, 0.15) is 5.75 Å². The van der Waals surface area contributed by atoms with Crippen molar-refractivity contribution in [2.24, 2.45) is 0 Å². The first kappa shape index (κ1) is 15.4. The van der Waals surface area contributed by atoms with Crippen LogP contribution in [0.3, 0.4) is 0 Å². The fourth-order valence-corrected chi connectivity index (χ4v) is 2.92. The molecule has 1 amide bonds. The van der Waals surface area contributed by atoms with E-state index < -0.39 is 0 Å². The second kappa shape index (κ2) is 6.18. The third-order valence-electron chi connectivity index (χ3n) is 3.14. The van der Waals surface area contributed by atoms with Crippen LogP contribution in [0, 0.1) is 13.8 Å². The standard InChI is InChI=1S/C16H17BrN2O2/c1-9-6-10(2)15(13(17)7-9)19-16(20)12-5-4-11(18)8-14(12)21-3/h4-8H,18H2,1-3H3,(H,19,20). The highest BCUT2D eigenvalue weighted by Crippen LogP contribution is 2.29. The van der Waals surface area contributed by atoms with Gasteiger partial charge < -0.3 is 15.8 Å². The first-order valence-electron chi connectivity index (χ1n) is 6.44. The number of anilines is 2. The fourth-order valence-electron chi connectivity index (χ4n) is 2.15. The molecule has 0 spiro atoms. The number of methoxy groups -OCH3 is 1. The van der Waals surface area contributed by atoms with Gasteiger partial charge in [-0.2, -0.15) is 0 Å². The molecule has 0 aliphatic heterocycles. The number of aryl methyl sites for hydroxylation is 2.